The first-order valence-corrected chi connectivity index (χ1v) is 11.5. The molecule has 1 aromatic carbocycles. The van der Waals surface area contributed by atoms with Gasteiger partial charge in [-0.2, -0.15) is 13.2 Å². The molecule has 1 fully saturated rings. The molecule has 2 N–H and O–H groups in total. The lowest BCUT2D eigenvalue weighted by atomic mass is 10.1. The van der Waals surface area contributed by atoms with Gasteiger partial charge in [-0.25, -0.2) is 13.8 Å². The van der Waals surface area contributed by atoms with E-state index in [0.29, 0.717) is 6.07 Å². The van der Waals surface area contributed by atoms with E-state index in [1.165, 1.54) is 13.0 Å². The molecule has 4 rings (SSSR count). The smallest absolute Gasteiger partial charge is 0.408 e. The SMILES string of the molecule is CC[C@@H](NC(=O)c1cn(-c2ccc(F)cc2F)c2nc(N3C[C@@H](NC(=O)[O-])CC3=O)ccc2c1=O)C(F)(F)F. The predicted molar refractivity (Wildman–Crippen MR) is 124 cm³/mol. The molecule has 10 nitrogen and oxygen atoms in total. The van der Waals surface area contributed by atoms with Crippen molar-refractivity contribution in [3.63, 3.8) is 0 Å². The van der Waals surface area contributed by atoms with Crippen LogP contribution in [-0.2, 0) is 4.79 Å². The van der Waals surface area contributed by atoms with Crippen LogP contribution in [0.1, 0.15) is 30.1 Å². The van der Waals surface area contributed by atoms with Crippen LogP contribution >= 0.6 is 0 Å². The lowest BCUT2D eigenvalue weighted by Crippen LogP contribution is -2.46. The molecule has 3 heterocycles. The highest BCUT2D eigenvalue weighted by Crippen LogP contribution is 2.26. The zero-order chi connectivity index (χ0) is 28.6. The van der Waals surface area contributed by atoms with Crippen LogP contribution in [0.5, 0.6) is 0 Å². The van der Waals surface area contributed by atoms with Gasteiger partial charge in [-0.05, 0) is 30.7 Å². The lowest BCUT2D eigenvalue weighted by molar-refractivity contribution is -0.251. The number of aromatic nitrogens is 2. The Morgan fingerprint density at radius 1 is 1.18 bits per heavy atom. The first kappa shape index (κ1) is 27.5. The lowest BCUT2D eigenvalue weighted by Gasteiger charge is -2.21. The Hall–Kier alpha value is -4.56. The summed E-state index contributed by atoms with van der Waals surface area (Å²) in [5.74, 6) is -4.06. The van der Waals surface area contributed by atoms with E-state index in [9.17, 15) is 46.2 Å². The van der Waals surface area contributed by atoms with Crippen LogP contribution in [-0.4, -0.2) is 52.3 Å². The second kappa shape index (κ2) is 10.3. The van der Waals surface area contributed by atoms with Crippen molar-refractivity contribution < 1.29 is 41.4 Å². The fraction of sp³-hybridized carbons (Fsp3) is 0.292. The molecule has 0 bridgehead atoms. The van der Waals surface area contributed by atoms with Crippen molar-refractivity contribution in [2.45, 2.75) is 38.0 Å². The number of anilines is 1. The maximum absolute atomic E-state index is 14.8. The number of halogens is 5. The van der Waals surface area contributed by atoms with Crippen LogP contribution in [0.4, 0.5) is 32.6 Å². The maximum Gasteiger partial charge on any atom is 0.408 e. The van der Waals surface area contributed by atoms with Crippen molar-refractivity contribution in [2.75, 3.05) is 11.4 Å². The Balaban J connectivity index is 1.87. The van der Waals surface area contributed by atoms with Crippen molar-refractivity contribution in [3.8, 4) is 5.69 Å². The molecular formula is C24H19F5N5O5-. The van der Waals surface area contributed by atoms with Crippen LogP contribution in [0.25, 0.3) is 16.7 Å². The molecule has 0 saturated carbocycles. The first-order chi connectivity index (χ1) is 18.3. The Bertz CT molecular complexity index is 1540. The summed E-state index contributed by atoms with van der Waals surface area (Å²) >= 11 is 0. The molecule has 206 valence electrons. The van der Waals surface area contributed by atoms with E-state index in [-0.39, 0.29) is 29.8 Å². The quantitative estimate of drug-likeness (QED) is 0.448. The third kappa shape index (κ3) is 5.51. The molecule has 0 spiro atoms. The van der Waals surface area contributed by atoms with Gasteiger partial charge in [-0.1, -0.05) is 6.92 Å². The van der Waals surface area contributed by atoms with Gasteiger partial charge in [-0.15, -0.1) is 0 Å². The summed E-state index contributed by atoms with van der Waals surface area (Å²) in [6.07, 6.45) is -6.35. The molecule has 2 aromatic heterocycles. The van der Waals surface area contributed by atoms with Gasteiger partial charge in [0.05, 0.1) is 17.1 Å². The summed E-state index contributed by atoms with van der Waals surface area (Å²) in [5, 5.41) is 14.3. The number of hydrogen-bond acceptors (Lipinski definition) is 6. The van der Waals surface area contributed by atoms with E-state index in [0.717, 1.165) is 33.9 Å². The van der Waals surface area contributed by atoms with Gasteiger partial charge in [0, 0.05) is 25.2 Å². The van der Waals surface area contributed by atoms with E-state index in [2.05, 4.69) is 10.3 Å². The Morgan fingerprint density at radius 3 is 2.51 bits per heavy atom. The van der Waals surface area contributed by atoms with Gasteiger partial charge in [0.1, 0.15) is 35.2 Å². The van der Waals surface area contributed by atoms with E-state index >= 15 is 0 Å². The molecular weight excluding hydrogens is 533 g/mol. The number of carboxylic acid groups (broad SMARTS) is 1. The molecule has 0 unspecified atom stereocenters. The van der Waals surface area contributed by atoms with E-state index in [4.69, 9.17) is 0 Å². The topological polar surface area (TPSA) is 136 Å². The molecule has 1 aliphatic heterocycles. The average Bonchev–Trinajstić information content (AvgIpc) is 3.21. The van der Waals surface area contributed by atoms with Crippen molar-refractivity contribution in [2.24, 2.45) is 0 Å². The van der Waals surface area contributed by atoms with E-state index in [1.54, 1.807) is 5.32 Å². The summed E-state index contributed by atoms with van der Waals surface area (Å²) in [5.41, 5.74) is -2.49. The monoisotopic (exact) mass is 552 g/mol. The second-order valence-corrected chi connectivity index (χ2v) is 8.69. The van der Waals surface area contributed by atoms with Crippen LogP contribution in [0.2, 0.25) is 0 Å². The molecule has 2 atom stereocenters. The summed E-state index contributed by atoms with van der Waals surface area (Å²) in [6.45, 7) is 1.04. The van der Waals surface area contributed by atoms with Gasteiger partial charge in [0.15, 0.2) is 5.65 Å². The maximum atomic E-state index is 14.8. The predicted octanol–water partition coefficient (Wildman–Crippen LogP) is 1.77. The molecule has 39 heavy (non-hydrogen) atoms. The van der Waals surface area contributed by atoms with Crippen molar-refractivity contribution in [1.82, 2.24) is 20.2 Å². The number of hydrogen-bond donors (Lipinski definition) is 2. The van der Waals surface area contributed by atoms with E-state index in [1.807, 2.05) is 0 Å². The number of nitrogens with zero attached hydrogens (tertiary/aromatic N) is 3. The zero-order valence-corrected chi connectivity index (χ0v) is 20.0. The number of alkyl halides is 3. The second-order valence-electron chi connectivity index (χ2n) is 8.69. The van der Waals surface area contributed by atoms with Gasteiger partial charge in [0.25, 0.3) is 5.91 Å². The van der Waals surface area contributed by atoms with Crippen LogP contribution in [0.15, 0.2) is 41.3 Å². The Morgan fingerprint density at radius 2 is 1.90 bits per heavy atom. The number of carbonyl (C=O) groups is 3. The first-order valence-electron chi connectivity index (χ1n) is 11.5. The molecule has 3 aromatic rings. The van der Waals surface area contributed by atoms with Gasteiger partial charge < -0.3 is 20.5 Å². The number of benzene rings is 1. The number of fused-ring (bicyclic) bond motifs is 1. The highest BCUT2D eigenvalue weighted by atomic mass is 19.4. The molecule has 1 saturated heterocycles. The van der Waals surface area contributed by atoms with Crippen LogP contribution < -0.4 is 26.1 Å². The van der Waals surface area contributed by atoms with Crippen molar-refractivity contribution >= 4 is 34.8 Å². The number of nitrogens with one attached hydrogen (secondary N) is 2. The van der Waals surface area contributed by atoms with Gasteiger partial charge in [-0.3, -0.25) is 23.9 Å². The van der Waals surface area contributed by atoms with Crippen LogP contribution in [0.3, 0.4) is 0 Å². The minimum atomic E-state index is -4.80. The standard InChI is InChI=1S/C24H20F5N5O5/c1-2-17(24(27,28)29)31-22(37)14-10-33(16-5-3-11(25)7-15(16)26)21-13(20(14)36)4-6-18(32-21)34-9-12(8-19(34)35)30-23(38)39/h3-7,10,12,17,30H,2,8-9H2,1H3,(H,31,37)(H,38,39)/p-1/t12-,17+/m0/s1. The molecule has 0 radical (unpaired) electrons. The van der Waals surface area contributed by atoms with Gasteiger partial charge >= 0.3 is 6.18 Å². The highest BCUT2D eigenvalue weighted by Gasteiger charge is 2.40. The minimum Gasteiger partial charge on any atom is -0.530 e. The van der Waals surface area contributed by atoms with E-state index < -0.39 is 70.9 Å². The third-order valence-electron chi connectivity index (χ3n) is 6.08. The Kier molecular flexibility index (Phi) is 7.26. The summed E-state index contributed by atoms with van der Waals surface area (Å²) in [7, 11) is 0. The number of amides is 3. The fourth-order valence-electron chi connectivity index (χ4n) is 4.21. The summed E-state index contributed by atoms with van der Waals surface area (Å²) < 4.78 is 69.0. The average molecular weight is 552 g/mol. The minimum absolute atomic E-state index is 0.0638. The zero-order valence-electron chi connectivity index (χ0n) is 20.0. The summed E-state index contributed by atoms with van der Waals surface area (Å²) in [4.78, 5) is 54.6. The van der Waals surface area contributed by atoms with Crippen LogP contribution in [0, 0.1) is 11.6 Å². The van der Waals surface area contributed by atoms with Crippen molar-refractivity contribution in [3.05, 3.63) is 63.9 Å². The van der Waals surface area contributed by atoms with Crippen molar-refractivity contribution in [1.29, 1.82) is 0 Å². The molecule has 1 aliphatic rings. The number of pyridine rings is 2. The largest absolute Gasteiger partial charge is 0.530 e. The third-order valence-corrected chi connectivity index (χ3v) is 6.08. The highest BCUT2D eigenvalue weighted by molar-refractivity contribution is 5.99. The Labute approximate surface area is 216 Å². The normalized spacial score (nSPS) is 16.4. The molecule has 0 aliphatic carbocycles. The summed E-state index contributed by atoms with van der Waals surface area (Å²) in [6, 6.07) is 1.63. The van der Waals surface area contributed by atoms with Gasteiger partial charge in [0.2, 0.25) is 11.3 Å². The number of carbonyl (C=O) groups excluding carboxylic acids is 3. The molecule has 15 heteroatoms. The fourth-order valence-corrected chi connectivity index (χ4v) is 4.21. The molecule has 3 amide bonds. The number of rotatable bonds is 6.